The lowest BCUT2D eigenvalue weighted by Gasteiger charge is -2.29. The first-order valence-electron chi connectivity index (χ1n) is 10.8. The molecule has 30 heavy (non-hydrogen) atoms. The highest BCUT2D eigenvalue weighted by atomic mass is 32.2. The van der Waals surface area contributed by atoms with Gasteiger partial charge in [-0.3, -0.25) is 4.79 Å². The number of ether oxygens (including phenoxy) is 1. The average molecular weight is 426 g/mol. The topological polar surface area (TPSA) is 47.2 Å². The number of hydrogen-bond acceptors (Lipinski definition) is 3. The molecule has 0 aromatic heterocycles. The molecule has 2 aromatic rings. The SMILES string of the molecule is C=CCSc1ccccc1NC(=O)C[NH+]1CC[NH+](Cc2ccc3c(c2)CCO3)CC1. The van der Waals surface area contributed by atoms with Crippen LogP contribution in [0.15, 0.2) is 60.0 Å². The van der Waals surface area contributed by atoms with Crippen molar-refractivity contribution in [2.45, 2.75) is 17.9 Å². The number of thioether (sulfide) groups is 1. The second-order valence-electron chi connectivity index (χ2n) is 8.04. The molecule has 4 rings (SSSR count). The molecule has 1 fully saturated rings. The summed E-state index contributed by atoms with van der Waals surface area (Å²) in [4.78, 5) is 16.7. The molecule has 0 unspecified atom stereocenters. The Kier molecular flexibility index (Phi) is 7.10. The smallest absolute Gasteiger partial charge is 0.279 e. The highest BCUT2D eigenvalue weighted by Gasteiger charge is 2.25. The van der Waals surface area contributed by atoms with Crippen molar-refractivity contribution in [3.8, 4) is 5.75 Å². The molecule has 3 N–H and O–H groups in total. The van der Waals surface area contributed by atoms with Gasteiger partial charge < -0.3 is 19.9 Å². The van der Waals surface area contributed by atoms with Crippen LogP contribution >= 0.6 is 11.8 Å². The summed E-state index contributed by atoms with van der Waals surface area (Å²) < 4.78 is 5.61. The summed E-state index contributed by atoms with van der Waals surface area (Å²) in [6.45, 7) is 10.4. The zero-order chi connectivity index (χ0) is 20.8. The summed E-state index contributed by atoms with van der Waals surface area (Å²) in [5.74, 6) is 1.98. The number of rotatable bonds is 8. The number of amides is 1. The van der Waals surface area contributed by atoms with Gasteiger partial charge in [-0.05, 0) is 35.9 Å². The third kappa shape index (κ3) is 5.45. The summed E-state index contributed by atoms with van der Waals surface area (Å²) in [5.41, 5.74) is 3.64. The van der Waals surface area contributed by atoms with Crippen molar-refractivity contribution >= 4 is 23.4 Å². The minimum atomic E-state index is 0.0960. The number of carbonyl (C=O) groups is 1. The van der Waals surface area contributed by atoms with Crippen LogP contribution in [0.25, 0.3) is 0 Å². The molecule has 1 amide bonds. The normalized spacial score (nSPS) is 20.3. The highest BCUT2D eigenvalue weighted by molar-refractivity contribution is 7.99. The molecule has 0 spiro atoms. The minimum absolute atomic E-state index is 0.0960. The number of anilines is 1. The van der Waals surface area contributed by atoms with Crippen molar-refractivity contribution in [2.24, 2.45) is 0 Å². The van der Waals surface area contributed by atoms with Gasteiger partial charge in [0.2, 0.25) is 0 Å². The second-order valence-corrected chi connectivity index (χ2v) is 9.10. The van der Waals surface area contributed by atoms with Gasteiger partial charge in [0.15, 0.2) is 6.54 Å². The molecule has 6 heteroatoms. The first-order chi connectivity index (χ1) is 14.7. The van der Waals surface area contributed by atoms with Crippen LogP contribution in [-0.4, -0.2) is 51.0 Å². The number of para-hydroxylation sites is 1. The summed E-state index contributed by atoms with van der Waals surface area (Å²) in [7, 11) is 0. The maximum atomic E-state index is 12.6. The molecule has 2 heterocycles. The van der Waals surface area contributed by atoms with Crippen molar-refractivity contribution in [1.29, 1.82) is 0 Å². The molecular weight excluding hydrogens is 394 g/mol. The van der Waals surface area contributed by atoms with Crippen molar-refractivity contribution < 1.29 is 19.3 Å². The van der Waals surface area contributed by atoms with E-state index < -0.39 is 0 Å². The van der Waals surface area contributed by atoms with Gasteiger partial charge in [0, 0.05) is 22.6 Å². The molecular formula is C24H31N3O2S+2. The molecule has 0 saturated carbocycles. The average Bonchev–Trinajstić information content (AvgIpc) is 3.22. The van der Waals surface area contributed by atoms with E-state index in [9.17, 15) is 4.79 Å². The van der Waals surface area contributed by atoms with Crippen LogP contribution in [0.5, 0.6) is 5.75 Å². The number of nitrogens with one attached hydrogen (secondary N) is 3. The van der Waals surface area contributed by atoms with Crippen LogP contribution in [0.2, 0.25) is 0 Å². The fourth-order valence-electron chi connectivity index (χ4n) is 4.22. The van der Waals surface area contributed by atoms with Crippen LogP contribution in [0.3, 0.4) is 0 Å². The fraction of sp³-hybridized carbons (Fsp3) is 0.375. The van der Waals surface area contributed by atoms with E-state index in [1.165, 1.54) is 16.0 Å². The Bertz CT molecular complexity index is 894. The molecule has 1 saturated heterocycles. The maximum Gasteiger partial charge on any atom is 0.279 e. The van der Waals surface area contributed by atoms with E-state index in [1.54, 1.807) is 16.7 Å². The lowest BCUT2D eigenvalue weighted by molar-refractivity contribution is -1.02. The van der Waals surface area contributed by atoms with Crippen LogP contribution in [0.4, 0.5) is 5.69 Å². The maximum absolute atomic E-state index is 12.6. The Hall–Kier alpha value is -2.28. The number of hydrogen-bond donors (Lipinski definition) is 3. The predicted molar refractivity (Wildman–Crippen MR) is 122 cm³/mol. The van der Waals surface area contributed by atoms with Gasteiger partial charge in [-0.1, -0.05) is 18.2 Å². The molecule has 0 aliphatic carbocycles. The van der Waals surface area contributed by atoms with E-state index in [0.717, 1.165) is 67.8 Å². The van der Waals surface area contributed by atoms with Crippen molar-refractivity contribution in [2.75, 3.05) is 50.4 Å². The van der Waals surface area contributed by atoms with Crippen molar-refractivity contribution in [1.82, 2.24) is 0 Å². The quantitative estimate of drug-likeness (QED) is 0.434. The number of fused-ring (bicyclic) bond motifs is 1. The third-order valence-electron chi connectivity index (χ3n) is 5.80. The van der Waals surface area contributed by atoms with Crippen LogP contribution < -0.4 is 19.9 Å². The van der Waals surface area contributed by atoms with Gasteiger partial charge in [-0.25, -0.2) is 0 Å². The van der Waals surface area contributed by atoms with Gasteiger partial charge in [0.05, 0.1) is 12.3 Å². The summed E-state index contributed by atoms with van der Waals surface area (Å²) in [6, 6.07) is 14.6. The molecule has 2 aromatic carbocycles. The molecule has 2 aliphatic heterocycles. The van der Waals surface area contributed by atoms with Gasteiger partial charge in [-0.2, -0.15) is 0 Å². The lowest BCUT2D eigenvalue weighted by Crippen LogP contribution is -3.28. The molecule has 2 aliphatic rings. The molecule has 158 valence electrons. The molecule has 0 radical (unpaired) electrons. The van der Waals surface area contributed by atoms with Gasteiger partial charge in [-0.15, -0.1) is 18.3 Å². The van der Waals surface area contributed by atoms with Gasteiger partial charge in [0.25, 0.3) is 5.91 Å². The second kappa shape index (κ2) is 10.2. The number of benzene rings is 2. The zero-order valence-corrected chi connectivity index (χ0v) is 18.2. The lowest BCUT2D eigenvalue weighted by atomic mass is 10.1. The van der Waals surface area contributed by atoms with E-state index in [0.29, 0.717) is 6.54 Å². The molecule has 0 atom stereocenters. The monoisotopic (exact) mass is 425 g/mol. The van der Waals surface area contributed by atoms with Gasteiger partial charge in [0.1, 0.15) is 38.5 Å². The minimum Gasteiger partial charge on any atom is -0.493 e. The van der Waals surface area contributed by atoms with E-state index in [2.05, 4.69) is 30.1 Å². The Labute approximate surface area is 183 Å². The van der Waals surface area contributed by atoms with Crippen LogP contribution in [-0.2, 0) is 17.8 Å². The first kappa shape index (κ1) is 21.0. The van der Waals surface area contributed by atoms with E-state index in [4.69, 9.17) is 4.74 Å². The van der Waals surface area contributed by atoms with E-state index in [-0.39, 0.29) is 5.91 Å². The van der Waals surface area contributed by atoms with Crippen LogP contribution in [0, 0.1) is 0 Å². The first-order valence-corrected chi connectivity index (χ1v) is 11.7. The van der Waals surface area contributed by atoms with Crippen molar-refractivity contribution in [3.63, 3.8) is 0 Å². The zero-order valence-electron chi connectivity index (χ0n) is 17.4. The highest BCUT2D eigenvalue weighted by Crippen LogP contribution is 2.27. The number of quaternary nitrogens is 2. The Morgan fingerprint density at radius 2 is 1.93 bits per heavy atom. The summed E-state index contributed by atoms with van der Waals surface area (Å²) in [6.07, 6.45) is 2.91. The standard InChI is InChI=1S/C24H29N3O2S/c1-2-15-30-23-6-4-3-5-21(23)25-24(28)18-27-12-10-26(11-13-27)17-19-7-8-22-20(16-19)9-14-29-22/h2-8,16H,1,9-15,17-18H2,(H,25,28)/p+2. The summed E-state index contributed by atoms with van der Waals surface area (Å²) >= 11 is 1.69. The van der Waals surface area contributed by atoms with E-state index in [1.807, 2.05) is 30.3 Å². The van der Waals surface area contributed by atoms with Crippen molar-refractivity contribution in [3.05, 3.63) is 66.2 Å². The number of piperazine rings is 1. The van der Waals surface area contributed by atoms with Gasteiger partial charge >= 0.3 is 0 Å². The van der Waals surface area contributed by atoms with E-state index >= 15 is 0 Å². The predicted octanol–water partition coefficient (Wildman–Crippen LogP) is 0.822. The summed E-state index contributed by atoms with van der Waals surface area (Å²) in [5, 5.41) is 3.11. The largest absolute Gasteiger partial charge is 0.493 e. The Morgan fingerprint density at radius 1 is 1.13 bits per heavy atom. The third-order valence-corrected chi connectivity index (χ3v) is 6.87. The Balaban J connectivity index is 1.24. The fourth-order valence-corrected chi connectivity index (χ4v) is 4.96. The molecule has 5 nitrogen and oxygen atoms in total. The van der Waals surface area contributed by atoms with Crippen LogP contribution in [0.1, 0.15) is 11.1 Å². The number of carbonyl (C=O) groups excluding carboxylic acids is 1. The molecule has 0 bridgehead atoms. The Morgan fingerprint density at radius 3 is 2.77 bits per heavy atom.